The van der Waals surface area contributed by atoms with Gasteiger partial charge in [-0.1, -0.05) is 0 Å². The van der Waals surface area contributed by atoms with E-state index in [1.165, 1.54) is 0 Å². The van der Waals surface area contributed by atoms with Crippen molar-refractivity contribution in [2.75, 3.05) is 20.6 Å². The molecule has 1 amide bonds. The zero-order valence-electron chi connectivity index (χ0n) is 7.62. The van der Waals surface area contributed by atoms with Crippen LogP contribution >= 0.6 is 0 Å². The highest BCUT2D eigenvalue weighted by Gasteiger charge is 2.30. The van der Waals surface area contributed by atoms with E-state index < -0.39 is 0 Å². The van der Waals surface area contributed by atoms with Crippen LogP contribution < -0.4 is 5.73 Å². The topological polar surface area (TPSA) is 55.6 Å². The lowest BCUT2D eigenvalue weighted by Crippen LogP contribution is -2.34. The van der Waals surface area contributed by atoms with Crippen LogP contribution in [-0.2, 0) is 9.53 Å². The quantitative estimate of drug-likeness (QED) is 0.615. The molecule has 0 spiro atoms. The summed E-state index contributed by atoms with van der Waals surface area (Å²) in [5.74, 6) is 0.0472. The zero-order valence-corrected chi connectivity index (χ0v) is 7.62. The molecule has 1 heterocycles. The molecule has 2 atom stereocenters. The highest BCUT2D eigenvalue weighted by atomic mass is 16.5. The van der Waals surface area contributed by atoms with Crippen molar-refractivity contribution in [2.24, 2.45) is 5.73 Å². The predicted octanol–water partition coefficient (Wildman–Crippen LogP) is -0.419. The smallest absolute Gasteiger partial charge is 0.251 e. The van der Waals surface area contributed by atoms with Gasteiger partial charge in [0.2, 0.25) is 0 Å². The summed E-state index contributed by atoms with van der Waals surface area (Å²) in [6.07, 6.45) is 1.53. The maximum absolute atomic E-state index is 11.4. The minimum Gasteiger partial charge on any atom is -0.364 e. The van der Waals surface area contributed by atoms with Gasteiger partial charge in [0, 0.05) is 20.6 Å². The Labute approximate surface area is 72.7 Å². The average Bonchev–Trinajstić information content (AvgIpc) is 2.50. The maximum atomic E-state index is 11.4. The number of amides is 1. The van der Waals surface area contributed by atoms with E-state index in [9.17, 15) is 4.79 Å². The Hall–Kier alpha value is -0.610. The van der Waals surface area contributed by atoms with Gasteiger partial charge in [-0.2, -0.15) is 0 Å². The molecule has 0 aromatic carbocycles. The number of ether oxygens (including phenoxy) is 1. The Bertz CT molecular complexity index is 170. The van der Waals surface area contributed by atoms with Crippen molar-refractivity contribution >= 4 is 5.91 Å². The molecular weight excluding hydrogens is 156 g/mol. The zero-order chi connectivity index (χ0) is 9.14. The first kappa shape index (κ1) is 9.48. The molecule has 0 aromatic rings. The lowest BCUT2D eigenvalue weighted by Gasteiger charge is -2.16. The van der Waals surface area contributed by atoms with Crippen molar-refractivity contribution in [1.29, 1.82) is 0 Å². The van der Waals surface area contributed by atoms with E-state index in [2.05, 4.69) is 0 Å². The van der Waals surface area contributed by atoms with Crippen molar-refractivity contribution in [3.05, 3.63) is 0 Å². The molecule has 0 saturated carbocycles. The second-order valence-electron chi connectivity index (χ2n) is 3.29. The third-order valence-electron chi connectivity index (χ3n) is 2.09. The summed E-state index contributed by atoms with van der Waals surface area (Å²) in [4.78, 5) is 12.9. The highest BCUT2D eigenvalue weighted by Crippen LogP contribution is 2.19. The molecule has 4 heteroatoms. The minimum atomic E-state index is -0.256. The van der Waals surface area contributed by atoms with Crippen LogP contribution in [0.3, 0.4) is 0 Å². The van der Waals surface area contributed by atoms with E-state index in [0.717, 1.165) is 12.8 Å². The predicted molar refractivity (Wildman–Crippen MR) is 45.6 cm³/mol. The van der Waals surface area contributed by atoms with Gasteiger partial charge in [0.15, 0.2) is 0 Å². The van der Waals surface area contributed by atoms with Gasteiger partial charge in [-0.25, -0.2) is 0 Å². The van der Waals surface area contributed by atoms with E-state index in [4.69, 9.17) is 10.5 Å². The Kier molecular flexibility index (Phi) is 3.05. The molecule has 4 nitrogen and oxygen atoms in total. The fourth-order valence-corrected chi connectivity index (χ4v) is 1.35. The van der Waals surface area contributed by atoms with Crippen LogP contribution in [-0.4, -0.2) is 43.7 Å². The van der Waals surface area contributed by atoms with Crippen molar-refractivity contribution < 1.29 is 9.53 Å². The largest absolute Gasteiger partial charge is 0.364 e. The molecule has 1 rings (SSSR count). The lowest BCUT2D eigenvalue weighted by molar-refractivity contribution is -0.140. The third-order valence-corrected chi connectivity index (χ3v) is 2.09. The first-order valence-corrected chi connectivity index (χ1v) is 4.22. The minimum absolute atomic E-state index is 0.0472. The fourth-order valence-electron chi connectivity index (χ4n) is 1.35. The molecule has 2 N–H and O–H groups in total. The molecule has 1 saturated heterocycles. The van der Waals surface area contributed by atoms with E-state index >= 15 is 0 Å². The molecule has 1 fully saturated rings. The Morgan fingerprint density at radius 1 is 1.58 bits per heavy atom. The molecule has 0 aromatic heterocycles. The molecule has 12 heavy (non-hydrogen) atoms. The van der Waals surface area contributed by atoms with Crippen LogP contribution in [0.5, 0.6) is 0 Å². The molecular formula is C8H16N2O2. The normalized spacial score (nSPS) is 28.9. The first-order valence-electron chi connectivity index (χ1n) is 4.22. The van der Waals surface area contributed by atoms with Crippen LogP contribution in [0, 0.1) is 0 Å². The Morgan fingerprint density at radius 2 is 2.25 bits per heavy atom. The second kappa shape index (κ2) is 3.87. The van der Waals surface area contributed by atoms with Crippen LogP contribution in [0.15, 0.2) is 0 Å². The second-order valence-corrected chi connectivity index (χ2v) is 3.29. The maximum Gasteiger partial charge on any atom is 0.251 e. The van der Waals surface area contributed by atoms with Gasteiger partial charge in [-0.05, 0) is 12.8 Å². The number of carbonyl (C=O) groups is 1. The van der Waals surface area contributed by atoms with Crippen molar-refractivity contribution in [2.45, 2.75) is 25.0 Å². The van der Waals surface area contributed by atoms with E-state index in [1.54, 1.807) is 19.0 Å². The van der Waals surface area contributed by atoms with Crippen LogP contribution in [0.25, 0.3) is 0 Å². The van der Waals surface area contributed by atoms with Gasteiger partial charge in [0.05, 0.1) is 6.10 Å². The average molecular weight is 172 g/mol. The third kappa shape index (κ3) is 1.95. The molecule has 1 aliphatic rings. The van der Waals surface area contributed by atoms with E-state index in [0.29, 0.717) is 6.54 Å². The summed E-state index contributed by atoms with van der Waals surface area (Å²) in [6, 6.07) is 0. The molecule has 0 aliphatic carbocycles. The monoisotopic (exact) mass is 172 g/mol. The number of rotatable bonds is 2. The van der Waals surface area contributed by atoms with Crippen LogP contribution in [0.2, 0.25) is 0 Å². The van der Waals surface area contributed by atoms with Gasteiger partial charge in [0.25, 0.3) is 5.91 Å². The Balaban J connectivity index is 2.41. The highest BCUT2D eigenvalue weighted by molar-refractivity contribution is 5.80. The summed E-state index contributed by atoms with van der Waals surface area (Å²) >= 11 is 0. The number of hydrogen-bond donors (Lipinski definition) is 1. The van der Waals surface area contributed by atoms with Crippen LogP contribution in [0.4, 0.5) is 0 Å². The summed E-state index contributed by atoms with van der Waals surface area (Å²) in [6.45, 7) is 0.511. The van der Waals surface area contributed by atoms with Crippen LogP contribution in [0.1, 0.15) is 12.8 Å². The lowest BCUT2D eigenvalue weighted by atomic mass is 10.2. The number of carbonyl (C=O) groups excluding carboxylic acids is 1. The molecule has 70 valence electrons. The van der Waals surface area contributed by atoms with E-state index in [1.807, 2.05) is 0 Å². The molecule has 0 radical (unpaired) electrons. The van der Waals surface area contributed by atoms with Crippen molar-refractivity contribution in [1.82, 2.24) is 4.90 Å². The fraction of sp³-hybridized carbons (Fsp3) is 0.875. The van der Waals surface area contributed by atoms with E-state index in [-0.39, 0.29) is 18.1 Å². The molecule has 0 unspecified atom stereocenters. The summed E-state index contributed by atoms with van der Waals surface area (Å²) < 4.78 is 5.42. The number of likely N-dealkylation sites (N-methyl/N-ethyl adjacent to an activating group) is 1. The van der Waals surface area contributed by atoms with Crippen molar-refractivity contribution in [3.8, 4) is 0 Å². The SMILES string of the molecule is CN(C)C(=O)[C@H]1CC[C@@H](CN)O1. The standard InChI is InChI=1S/C8H16N2O2/c1-10(2)8(11)7-4-3-6(5-9)12-7/h6-7H,3-5,9H2,1-2H3/t6-,7+/m0/s1. The molecule has 1 aliphatic heterocycles. The first-order chi connectivity index (χ1) is 5.65. The van der Waals surface area contributed by atoms with Gasteiger partial charge in [0.1, 0.15) is 6.10 Å². The summed E-state index contributed by atoms with van der Waals surface area (Å²) in [5, 5.41) is 0. The number of hydrogen-bond acceptors (Lipinski definition) is 3. The van der Waals surface area contributed by atoms with Crippen molar-refractivity contribution in [3.63, 3.8) is 0 Å². The number of nitrogens with zero attached hydrogens (tertiary/aromatic N) is 1. The van der Waals surface area contributed by atoms with Gasteiger partial charge in [-0.15, -0.1) is 0 Å². The number of nitrogens with two attached hydrogens (primary N) is 1. The summed E-state index contributed by atoms with van der Waals surface area (Å²) in [7, 11) is 3.48. The van der Waals surface area contributed by atoms with Gasteiger partial charge in [-0.3, -0.25) is 4.79 Å². The van der Waals surface area contributed by atoms with Gasteiger partial charge < -0.3 is 15.4 Å². The molecule has 0 bridgehead atoms. The summed E-state index contributed by atoms with van der Waals surface area (Å²) in [5.41, 5.74) is 5.42. The van der Waals surface area contributed by atoms with Gasteiger partial charge >= 0.3 is 0 Å². The Morgan fingerprint density at radius 3 is 2.67 bits per heavy atom.